The average molecular weight is 542 g/mol. The van der Waals surface area contributed by atoms with Gasteiger partial charge in [-0.05, 0) is 47.7 Å². The molecule has 0 bridgehead atoms. The van der Waals surface area contributed by atoms with Crippen LogP contribution < -0.4 is 10.6 Å². The van der Waals surface area contributed by atoms with Crippen LogP contribution in [-0.4, -0.2) is 60.3 Å². The summed E-state index contributed by atoms with van der Waals surface area (Å²) >= 11 is 0. The third-order valence-electron chi connectivity index (χ3n) is 7.90. The Kier molecular flexibility index (Phi) is 8.45. The third kappa shape index (κ3) is 6.18. The van der Waals surface area contributed by atoms with E-state index < -0.39 is 36.0 Å². The van der Waals surface area contributed by atoms with E-state index in [2.05, 4.69) is 34.9 Å². The molecule has 1 unspecified atom stereocenters. The molecule has 8 heteroatoms. The SMILES string of the molecule is CN(Cc1ccccc1)CC(NC(=O)OCC1c2ccccc2-c2ccccc21)C(=O)N[C@@H]1CCC[C@@H]1C(=O)O. The maximum absolute atomic E-state index is 13.4. The normalized spacial score (nSPS) is 18.6. The van der Waals surface area contributed by atoms with E-state index in [4.69, 9.17) is 4.74 Å². The second kappa shape index (κ2) is 12.3. The van der Waals surface area contributed by atoms with Crippen LogP contribution in [0.25, 0.3) is 11.1 Å². The number of carboxylic acids is 1. The molecule has 0 aromatic heterocycles. The van der Waals surface area contributed by atoms with Crippen molar-refractivity contribution >= 4 is 18.0 Å². The largest absolute Gasteiger partial charge is 0.481 e. The van der Waals surface area contributed by atoms with E-state index in [1.165, 1.54) is 0 Å². The standard InChI is InChI=1S/C32H35N3O5/c1-35(18-21-10-3-2-4-11-21)19-29(30(36)33-28-17-9-16-26(28)31(37)38)34-32(39)40-20-27-24-14-7-5-12-22(24)23-13-6-8-15-25(23)27/h2-8,10-15,26-29H,9,16-20H2,1H3,(H,33,36)(H,34,39)(H,37,38)/t26-,28+,29?/m0/s1. The number of amides is 2. The Labute approximate surface area is 234 Å². The number of benzene rings is 3. The van der Waals surface area contributed by atoms with E-state index in [1.807, 2.05) is 66.5 Å². The van der Waals surface area contributed by atoms with Gasteiger partial charge in [0, 0.05) is 25.0 Å². The molecule has 1 fully saturated rings. The van der Waals surface area contributed by atoms with Crippen LogP contribution >= 0.6 is 0 Å². The number of hydrogen-bond donors (Lipinski definition) is 3. The first-order valence-corrected chi connectivity index (χ1v) is 13.8. The van der Waals surface area contributed by atoms with E-state index in [-0.39, 0.29) is 19.1 Å². The van der Waals surface area contributed by atoms with Crippen LogP contribution in [0.4, 0.5) is 4.79 Å². The maximum atomic E-state index is 13.4. The minimum atomic E-state index is -0.917. The van der Waals surface area contributed by atoms with E-state index in [1.54, 1.807) is 0 Å². The van der Waals surface area contributed by atoms with E-state index in [0.29, 0.717) is 19.4 Å². The fourth-order valence-corrected chi connectivity index (χ4v) is 5.96. The zero-order valence-corrected chi connectivity index (χ0v) is 22.6. The zero-order chi connectivity index (χ0) is 28.1. The van der Waals surface area contributed by atoms with Gasteiger partial charge in [0.15, 0.2) is 0 Å². The number of hydrogen-bond acceptors (Lipinski definition) is 5. The van der Waals surface area contributed by atoms with Gasteiger partial charge in [-0.25, -0.2) is 4.79 Å². The fraction of sp³-hybridized carbons (Fsp3) is 0.344. The molecule has 0 radical (unpaired) electrons. The molecular weight excluding hydrogens is 506 g/mol. The highest BCUT2D eigenvalue weighted by Gasteiger charge is 2.36. The lowest BCUT2D eigenvalue weighted by Crippen LogP contribution is -2.55. The molecule has 2 aliphatic rings. The molecule has 2 amide bonds. The van der Waals surface area contributed by atoms with Gasteiger partial charge in [0.05, 0.1) is 5.92 Å². The average Bonchev–Trinajstić information content (AvgIpc) is 3.54. The van der Waals surface area contributed by atoms with Crippen LogP contribution in [0.5, 0.6) is 0 Å². The first kappa shape index (κ1) is 27.4. The molecule has 3 aromatic carbocycles. The summed E-state index contributed by atoms with van der Waals surface area (Å²) in [4.78, 5) is 40.0. The molecule has 0 aliphatic heterocycles. The highest BCUT2D eigenvalue weighted by Crippen LogP contribution is 2.44. The topological polar surface area (TPSA) is 108 Å². The Morgan fingerprint density at radius 3 is 2.20 bits per heavy atom. The van der Waals surface area contributed by atoms with Crippen molar-refractivity contribution in [1.82, 2.24) is 15.5 Å². The summed E-state index contributed by atoms with van der Waals surface area (Å²) < 4.78 is 5.71. The summed E-state index contributed by atoms with van der Waals surface area (Å²) in [6.45, 7) is 0.950. The van der Waals surface area contributed by atoms with Crippen LogP contribution in [0.3, 0.4) is 0 Å². The van der Waals surface area contributed by atoms with Crippen molar-refractivity contribution in [3.63, 3.8) is 0 Å². The van der Waals surface area contributed by atoms with Crippen molar-refractivity contribution in [1.29, 1.82) is 0 Å². The summed E-state index contributed by atoms with van der Waals surface area (Å²) in [5.41, 5.74) is 5.56. The molecule has 2 aliphatic carbocycles. The van der Waals surface area contributed by atoms with Gasteiger partial charge in [0.2, 0.25) is 5.91 Å². The molecule has 3 atom stereocenters. The van der Waals surface area contributed by atoms with Crippen LogP contribution in [0.2, 0.25) is 0 Å². The lowest BCUT2D eigenvalue weighted by Gasteiger charge is -2.27. The minimum Gasteiger partial charge on any atom is -0.481 e. The first-order valence-electron chi connectivity index (χ1n) is 13.8. The summed E-state index contributed by atoms with van der Waals surface area (Å²) in [5.74, 6) is -2.04. The molecule has 0 saturated heterocycles. The number of carbonyl (C=O) groups is 3. The van der Waals surface area contributed by atoms with Crippen molar-refractivity contribution in [3.8, 4) is 11.1 Å². The third-order valence-corrected chi connectivity index (χ3v) is 7.90. The molecule has 0 spiro atoms. The molecule has 3 aromatic rings. The Morgan fingerprint density at radius 2 is 1.55 bits per heavy atom. The number of carbonyl (C=O) groups excluding carboxylic acids is 2. The predicted molar refractivity (Wildman–Crippen MR) is 152 cm³/mol. The minimum absolute atomic E-state index is 0.0963. The summed E-state index contributed by atoms with van der Waals surface area (Å²) in [5, 5.41) is 15.2. The molecule has 1 saturated carbocycles. The van der Waals surface area contributed by atoms with Gasteiger partial charge in [-0.3, -0.25) is 14.5 Å². The highest BCUT2D eigenvalue weighted by atomic mass is 16.5. The first-order chi connectivity index (χ1) is 19.4. The number of nitrogens with one attached hydrogen (secondary N) is 2. The van der Waals surface area contributed by atoms with Crippen molar-refractivity contribution < 1.29 is 24.2 Å². The second-order valence-electron chi connectivity index (χ2n) is 10.7. The van der Waals surface area contributed by atoms with Gasteiger partial charge < -0.3 is 20.5 Å². The van der Waals surface area contributed by atoms with Gasteiger partial charge in [0.1, 0.15) is 12.6 Å². The quantitative estimate of drug-likeness (QED) is 0.351. The van der Waals surface area contributed by atoms with Gasteiger partial charge in [-0.15, -0.1) is 0 Å². The number of likely N-dealkylation sites (N-methyl/N-ethyl adjacent to an activating group) is 1. The Bertz CT molecular complexity index is 1320. The van der Waals surface area contributed by atoms with Gasteiger partial charge in [-0.2, -0.15) is 0 Å². The highest BCUT2D eigenvalue weighted by molar-refractivity contribution is 5.87. The van der Waals surface area contributed by atoms with Gasteiger partial charge >= 0.3 is 12.1 Å². The monoisotopic (exact) mass is 541 g/mol. The molecule has 208 valence electrons. The fourth-order valence-electron chi connectivity index (χ4n) is 5.96. The van der Waals surface area contributed by atoms with E-state index >= 15 is 0 Å². The van der Waals surface area contributed by atoms with E-state index in [9.17, 15) is 19.5 Å². The van der Waals surface area contributed by atoms with E-state index in [0.717, 1.165) is 34.2 Å². The maximum Gasteiger partial charge on any atom is 0.407 e. The Hall–Kier alpha value is -4.17. The second-order valence-corrected chi connectivity index (χ2v) is 10.7. The van der Waals surface area contributed by atoms with Gasteiger partial charge in [-0.1, -0.05) is 85.3 Å². The van der Waals surface area contributed by atoms with Crippen LogP contribution in [0.1, 0.15) is 41.9 Å². The number of carboxylic acid groups (broad SMARTS) is 1. The van der Waals surface area contributed by atoms with Crippen LogP contribution in [-0.2, 0) is 20.9 Å². The lowest BCUT2D eigenvalue weighted by atomic mass is 9.98. The number of aliphatic carboxylic acids is 1. The van der Waals surface area contributed by atoms with Crippen molar-refractivity contribution in [3.05, 3.63) is 95.6 Å². The number of alkyl carbamates (subject to hydrolysis) is 1. The van der Waals surface area contributed by atoms with Crippen LogP contribution in [0, 0.1) is 5.92 Å². The molecule has 3 N–H and O–H groups in total. The molecule has 0 heterocycles. The molecule has 40 heavy (non-hydrogen) atoms. The molecule has 8 nitrogen and oxygen atoms in total. The lowest BCUT2D eigenvalue weighted by molar-refractivity contribution is -0.142. The number of rotatable bonds is 10. The van der Waals surface area contributed by atoms with Crippen molar-refractivity contribution in [2.24, 2.45) is 5.92 Å². The number of nitrogens with zero attached hydrogens (tertiary/aromatic N) is 1. The number of fused-ring (bicyclic) bond motifs is 3. The summed E-state index contributed by atoms with van der Waals surface area (Å²) in [7, 11) is 1.88. The Balaban J connectivity index is 1.26. The van der Waals surface area contributed by atoms with Crippen molar-refractivity contribution in [2.75, 3.05) is 20.2 Å². The smallest absolute Gasteiger partial charge is 0.407 e. The molecule has 5 rings (SSSR count). The summed E-state index contributed by atoms with van der Waals surface area (Å²) in [6, 6.07) is 24.7. The Morgan fingerprint density at radius 1 is 0.925 bits per heavy atom. The number of ether oxygens (including phenoxy) is 1. The predicted octanol–water partition coefficient (Wildman–Crippen LogP) is 4.40. The van der Waals surface area contributed by atoms with Gasteiger partial charge in [0.25, 0.3) is 0 Å². The summed E-state index contributed by atoms with van der Waals surface area (Å²) in [6.07, 6.45) is 1.18. The van der Waals surface area contributed by atoms with Crippen LogP contribution in [0.15, 0.2) is 78.9 Å². The molecular formula is C32H35N3O5. The zero-order valence-electron chi connectivity index (χ0n) is 22.6. The van der Waals surface area contributed by atoms with Crippen molar-refractivity contribution in [2.45, 2.75) is 43.8 Å².